The number of rotatable bonds is 3. The molecule has 1 aliphatic heterocycles. The molecule has 3 heteroatoms. The first kappa shape index (κ1) is 12.3. The molecule has 1 N–H and O–H groups in total. The number of amides is 1. The van der Waals surface area contributed by atoms with E-state index in [0.29, 0.717) is 13.1 Å². The molecule has 0 fully saturated rings. The maximum atomic E-state index is 11.9. The summed E-state index contributed by atoms with van der Waals surface area (Å²) in [6.45, 7) is 5.51. The number of carbonyl (C=O) groups excluding carboxylic acids is 1. The van der Waals surface area contributed by atoms with Crippen molar-refractivity contribution in [2.45, 2.75) is 46.2 Å². The van der Waals surface area contributed by atoms with E-state index in [9.17, 15) is 4.79 Å². The molecule has 1 amide bonds. The number of benzene rings is 1. The van der Waals surface area contributed by atoms with Crippen molar-refractivity contribution < 1.29 is 4.79 Å². The third kappa shape index (κ3) is 1.84. The zero-order valence-corrected chi connectivity index (χ0v) is 11.6. The molecule has 1 aliphatic rings. The number of aryl methyl sites for hydroxylation is 1. The molecule has 1 aromatic heterocycles. The number of hydrogen-bond acceptors (Lipinski definition) is 1. The smallest absolute Gasteiger partial charge is 0.240 e. The predicted molar refractivity (Wildman–Crippen MR) is 77.2 cm³/mol. The van der Waals surface area contributed by atoms with Gasteiger partial charge in [-0.05, 0) is 24.0 Å². The van der Waals surface area contributed by atoms with Crippen LogP contribution in [-0.4, -0.2) is 10.5 Å². The van der Waals surface area contributed by atoms with Crippen LogP contribution in [0.15, 0.2) is 18.2 Å². The van der Waals surface area contributed by atoms with E-state index in [1.165, 1.54) is 27.7 Å². The molecule has 1 aromatic carbocycles. The van der Waals surface area contributed by atoms with Crippen molar-refractivity contribution in [2.24, 2.45) is 0 Å². The van der Waals surface area contributed by atoms with Gasteiger partial charge in [-0.2, -0.15) is 0 Å². The molecule has 100 valence electrons. The van der Waals surface area contributed by atoms with E-state index in [0.717, 1.165) is 19.3 Å². The summed E-state index contributed by atoms with van der Waals surface area (Å²) >= 11 is 0. The largest absolute Gasteiger partial charge is 0.350 e. The van der Waals surface area contributed by atoms with Crippen LogP contribution in [-0.2, 0) is 30.7 Å². The number of carbonyl (C=O) groups is 1. The standard InChI is InChI=1S/C16H20N2O/c1-3-6-14-12(4-2)13-8-5-7-11-9-17-15(19)10-18(14)16(11)13/h5,7-8H,3-4,6,9-10H2,1-2H3,(H,17,19). The van der Waals surface area contributed by atoms with Crippen molar-refractivity contribution in [1.82, 2.24) is 9.88 Å². The normalized spacial score (nSPS) is 14.5. The lowest BCUT2D eigenvalue weighted by Gasteiger charge is -2.09. The minimum absolute atomic E-state index is 0.119. The minimum atomic E-state index is 0.119. The van der Waals surface area contributed by atoms with E-state index in [4.69, 9.17) is 0 Å². The molecule has 0 saturated heterocycles. The van der Waals surface area contributed by atoms with Gasteiger partial charge < -0.3 is 9.88 Å². The average Bonchev–Trinajstić information content (AvgIpc) is 2.59. The van der Waals surface area contributed by atoms with Crippen LogP contribution in [0, 0.1) is 0 Å². The topological polar surface area (TPSA) is 34.0 Å². The maximum Gasteiger partial charge on any atom is 0.240 e. The lowest BCUT2D eigenvalue weighted by Crippen LogP contribution is -2.24. The molecule has 0 radical (unpaired) electrons. The Morgan fingerprint density at radius 3 is 2.89 bits per heavy atom. The molecule has 0 atom stereocenters. The number of aromatic nitrogens is 1. The fraction of sp³-hybridized carbons (Fsp3) is 0.438. The monoisotopic (exact) mass is 256 g/mol. The Kier molecular flexibility index (Phi) is 3.05. The van der Waals surface area contributed by atoms with Gasteiger partial charge in [-0.1, -0.05) is 38.5 Å². The minimum Gasteiger partial charge on any atom is -0.350 e. The number of nitrogens with one attached hydrogen (secondary N) is 1. The predicted octanol–water partition coefficient (Wildman–Crippen LogP) is 2.79. The summed E-state index contributed by atoms with van der Waals surface area (Å²) in [7, 11) is 0. The molecule has 0 bridgehead atoms. The fourth-order valence-corrected chi connectivity index (χ4v) is 3.23. The van der Waals surface area contributed by atoms with Crippen LogP contribution in [0.3, 0.4) is 0 Å². The zero-order valence-electron chi connectivity index (χ0n) is 11.6. The van der Waals surface area contributed by atoms with E-state index >= 15 is 0 Å². The number of hydrogen-bond donors (Lipinski definition) is 1. The lowest BCUT2D eigenvalue weighted by atomic mass is 10.0. The highest BCUT2D eigenvalue weighted by Crippen LogP contribution is 2.31. The Labute approximate surface area is 113 Å². The third-order valence-corrected chi connectivity index (χ3v) is 4.01. The summed E-state index contributed by atoms with van der Waals surface area (Å²) in [4.78, 5) is 11.9. The van der Waals surface area contributed by atoms with Crippen LogP contribution in [0.1, 0.15) is 37.1 Å². The van der Waals surface area contributed by atoms with Gasteiger partial charge in [0.15, 0.2) is 0 Å². The molecule has 0 unspecified atom stereocenters. The van der Waals surface area contributed by atoms with Crippen LogP contribution in [0.5, 0.6) is 0 Å². The summed E-state index contributed by atoms with van der Waals surface area (Å²) < 4.78 is 2.25. The van der Waals surface area contributed by atoms with Gasteiger partial charge in [0.25, 0.3) is 0 Å². The highest BCUT2D eigenvalue weighted by molar-refractivity contribution is 5.91. The second kappa shape index (κ2) is 4.72. The number of para-hydroxylation sites is 1. The second-order valence-electron chi connectivity index (χ2n) is 5.20. The van der Waals surface area contributed by atoms with Crippen molar-refractivity contribution in [3.05, 3.63) is 35.0 Å². The van der Waals surface area contributed by atoms with Crippen molar-refractivity contribution in [2.75, 3.05) is 0 Å². The molecule has 0 spiro atoms. The molecule has 3 nitrogen and oxygen atoms in total. The summed E-state index contributed by atoms with van der Waals surface area (Å²) in [6, 6.07) is 6.43. The third-order valence-electron chi connectivity index (χ3n) is 4.01. The van der Waals surface area contributed by atoms with Crippen molar-refractivity contribution in [1.29, 1.82) is 0 Å². The summed E-state index contributed by atoms with van der Waals surface area (Å²) in [5.74, 6) is 0.119. The van der Waals surface area contributed by atoms with E-state index in [-0.39, 0.29) is 5.91 Å². The van der Waals surface area contributed by atoms with Crippen LogP contribution in [0.4, 0.5) is 0 Å². The van der Waals surface area contributed by atoms with E-state index in [1.807, 2.05) is 0 Å². The quantitative estimate of drug-likeness (QED) is 0.900. The Morgan fingerprint density at radius 2 is 2.16 bits per heavy atom. The fourth-order valence-electron chi connectivity index (χ4n) is 3.23. The van der Waals surface area contributed by atoms with Crippen LogP contribution < -0.4 is 5.32 Å². The van der Waals surface area contributed by atoms with Crippen LogP contribution in [0.25, 0.3) is 10.9 Å². The van der Waals surface area contributed by atoms with Crippen LogP contribution >= 0.6 is 0 Å². The molecule has 19 heavy (non-hydrogen) atoms. The molecule has 0 saturated carbocycles. The van der Waals surface area contributed by atoms with Gasteiger partial charge in [-0.15, -0.1) is 0 Å². The van der Waals surface area contributed by atoms with Gasteiger partial charge in [-0.25, -0.2) is 0 Å². The first-order valence-electron chi connectivity index (χ1n) is 7.14. The molecule has 2 aromatic rings. The van der Waals surface area contributed by atoms with E-state index < -0.39 is 0 Å². The zero-order chi connectivity index (χ0) is 13.4. The SMILES string of the molecule is CCCc1c(CC)c2cccc3c2n1CC(=O)NC3. The van der Waals surface area contributed by atoms with Gasteiger partial charge >= 0.3 is 0 Å². The second-order valence-corrected chi connectivity index (χ2v) is 5.20. The summed E-state index contributed by atoms with van der Waals surface area (Å²) in [5, 5.41) is 4.32. The summed E-state index contributed by atoms with van der Waals surface area (Å²) in [6.07, 6.45) is 3.19. The van der Waals surface area contributed by atoms with Gasteiger partial charge in [0.2, 0.25) is 5.91 Å². The summed E-state index contributed by atoms with van der Waals surface area (Å²) in [5.41, 5.74) is 5.28. The van der Waals surface area contributed by atoms with Gasteiger partial charge in [0.05, 0.1) is 5.52 Å². The Hall–Kier alpha value is -1.77. The molecular weight excluding hydrogens is 236 g/mol. The highest BCUT2D eigenvalue weighted by Gasteiger charge is 2.21. The van der Waals surface area contributed by atoms with Crippen molar-refractivity contribution in [3.8, 4) is 0 Å². The van der Waals surface area contributed by atoms with Crippen molar-refractivity contribution >= 4 is 16.8 Å². The van der Waals surface area contributed by atoms with E-state index in [1.54, 1.807) is 0 Å². The first-order valence-corrected chi connectivity index (χ1v) is 7.14. The highest BCUT2D eigenvalue weighted by atomic mass is 16.1. The molecule has 3 rings (SSSR count). The van der Waals surface area contributed by atoms with Gasteiger partial charge in [0, 0.05) is 17.6 Å². The van der Waals surface area contributed by atoms with Crippen molar-refractivity contribution in [3.63, 3.8) is 0 Å². The number of nitrogens with zero attached hydrogens (tertiary/aromatic N) is 1. The van der Waals surface area contributed by atoms with Gasteiger partial charge in [-0.3, -0.25) is 4.79 Å². The average molecular weight is 256 g/mol. The molecular formula is C16H20N2O. The maximum absolute atomic E-state index is 11.9. The Bertz CT molecular complexity index is 640. The molecule has 2 heterocycles. The van der Waals surface area contributed by atoms with E-state index in [2.05, 4.69) is 41.9 Å². The van der Waals surface area contributed by atoms with Crippen LogP contribution in [0.2, 0.25) is 0 Å². The Morgan fingerprint density at radius 1 is 1.32 bits per heavy atom. The van der Waals surface area contributed by atoms with Gasteiger partial charge in [0.1, 0.15) is 6.54 Å². The lowest BCUT2D eigenvalue weighted by molar-refractivity contribution is -0.121. The Balaban J connectivity index is 2.35. The molecule has 0 aliphatic carbocycles. The first-order chi connectivity index (χ1) is 9.26.